The van der Waals surface area contributed by atoms with Crippen molar-refractivity contribution in [3.05, 3.63) is 17.7 Å². The number of imidazole rings is 1. The third-order valence-corrected chi connectivity index (χ3v) is 2.76. The minimum absolute atomic E-state index is 0.145. The molecule has 1 aliphatic heterocycles. The molecule has 0 bridgehead atoms. The lowest BCUT2D eigenvalue weighted by molar-refractivity contribution is -0.137. The van der Waals surface area contributed by atoms with E-state index in [1.165, 1.54) is 7.05 Å². The Bertz CT molecular complexity index is 578. The van der Waals surface area contributed by atoms with Crippen molar-refractivity contribution in [3.63, 3.8) is 0 Å². The molecule has 1 aromatic rings. The molecule has 0 aromatic carbocycles. The van der Waals surface area contributed by atoms with Crippen LogP contribution in [-0.2, 0) is 9.59 Å². The molecule has 1 unspecified atom stereocenters. The first-order valence-corrected chi connectivity index (χ1v) is 5.29. The van der Waals surface area contributed by atoms with Crippen molar-refractivity contribution in [2.75, 3.05) is 7.05 Å². The summed E-state index contributed by atoms with van der Waals surface area (Å²) in [5.74, 6) is -3.10. The molecule has 0 spiro atoms. The molecule has 1 aromatic heterocycles. The van der Waals surface area contributed by atoms with Gasteiger partial charge in [0.2, 0.25) is 5.91 Å². The highest BCUT2D eigenvalue weighted by molar-refractivity contribution is 6.09. The molecule has 9 heteroatoms. The van der Waals surface area contributed by atoms with E-state index in [-0.39, 0.29) is 17.8 Å². The maximum absolute atomic E-state index is 11.8. The fourth-order valence-electron chi connectivity index (χ4n) is 1.72. The van der Waals surface area contributed by atoms with E-state index < -0.39 is 29.7 Å². The van der Waals surface area contributed by atoms with Gasteiger partial charge in [-0.15, -0.1) is 0 Å². The summed E-state index contributed by atoms with van der Waals surface area (Å²) in [4.78, 5) is 52.3. The SMILES string of the molecule is CN1C(=O)CC(NC(=O)c2nc[nH]c2C(=O)O)C1=O. The number of hydrogen-bond donors (Lipinski definition) is 3. The maximum atomic E-state index is 11.8. The van der Waals surface area contributed by atoms with E-state index in [0.29, 0.717) is 0 Å². The average Bonchev–Trinajstić information content (AvgIpc) is 2.92. The lowest BCUT2D eigenvalue weighted by atomic mass is 10.2. The lowest BCUT2D eigenvalue weighted by Gasteiger charge is -2.10. The Labute approximate surface area is 106 Å². The highest BCUT2D eigenvalue weighted by atomic mass is 16.4. The topological polar surface area (TPSA) is 132 Å². The van der Waals surface area contributed by atoms with Crippen LogP contribution in [0.1, 0.15) is 27.4 Å². The zero-order valence-corrected chi connectivity index (χ0v) is 9.84. The number of aromatic amines is 1. The number of carbonyl (C=O) groups excluding carboxylic acids is 3. The summed E-state index contributed by atoms with van der Waals surface area (Å²) < 4.78 is 0. The number of H-pyrrole nitrogens is 1. The Morgan fingerprint density at radius 3 is 2.74 bits per heavy atom. The van der Waals surface area contributed by atoms with Crippen molar-refractivity contribution in [2.24, 2.45) is 0 Å². The van der Waals surface area contributed by atoms with Crippen molar-refractivity contribution in [1.29, 1.82) is 0 Å². The highest BCUT2D eigenvalue weighted by Gasteiger charge is 2.37. The van der Waals surface area contributed by atoms with Crippen molar-refractivity contribution in [1.82, 2.24) is 20.2 Å². The van der Waals surface area contributed by atoms with Gasteiger partial charge in [0.15, 0.2) is 11.4 Å². The standard InChI is InChI=1S/C10H10N4O5/c1-14-5(15)2-4(9(14)17)13-8(16)6-7(10(18)19)12-3-11-6/h3-4H,2H2,1H3,(H,11,12)(H,13,16)(H,18,19). The Kier molecular flexibility index (Phi) is 3.03. The minimum atomic E-state index is -1.34. The quantitative estimate of drug-likeness (QED) is 0.576. The number of likely N-dealkylation sites (N-methyl/N-ethyl adjacent to an activating group) is 1. The smallest absolute Gasteiger partial charge is 0.354 e. The summed E-state index contributed by atoms with van der Waals surface area (Å²) in [7, 11) is 1.31. The molecular formula is C10H10N4O5. The fraction of sp³-hybridized carbons (Fsp3) is 0.300. The zero-order valence-electron chi connectivity index (χ0n) is 9.84. The van der Waals surface area contributed by atoms with E-state index in [1.54, 1.807) is 0 Å². The van der Waals surface area contributed by atoms with Gasteiger partial charge in [-0.2, -0.15) is 0 Å². The van der Waals surface area contributed by atoms with Gasteiger partial charge in [0, 0.05) is 7.05 Å². The average molecular weight is 266 g/mol. The first-order valence-electron chi connectivity index (χ1n) is 5.29. The molecular weight excluding hydrogens is 256 g/mol. The largest absolute Gasteiger partial charge is 0.477 e. The third-order valence-electron chi connectivity index (χ3n) is 2.76. The van der Waals surface area contributed by atoms with Crippen LogP contribution in [0.5, 0.6) is 0 Å². The number of nitrogens with zero attached hydrogens (tertiary/aromatic N) is 2. The van der Waals surface area contributed by atoms with Gasteiger partial charge in [0.1, 0.15) is 6.04 Å². The van der Waals surface area contributed by atoms with Crippen LogP contribution in [0.15, 0.2) is 6.33 Å². The van der Waals surface area contributed by atoms with Crippen molar-refractivity contribution < 1.29 is 24.3 Å². The molecule has 19 heavy (non-hydrogen) atoms. The Morgan fingerprint density at radius 2 is 2.21 bits per heavy atom. The minimum Gasteiger partial charge on any atom is -0.477 e. The highest BCUT2D eigenvalue weighted by Crippen LogP contribution is 2.12. The van der Waals surface area contributed by atoms with E-state index in [4.69, 9.17) is 5.11 Å². The van der Waals surface area contributed by atoms with E-state index in [0.717, 1.165) is 11.2 Å². The number of rotatable bonds is 3. The van der Waals surface area contributed by atoms with Gasteiger partial charge in [-0.05, 0) is 0 Å². The van der Waals surface area contributed by atoms with Crippen LogP contribution in [-0.4, -0.2) is 56.8 Å². The van der Waals surface area contributed by atoms with Crippen molar-refractivity contribution in [2.45, 2.75) is 12.5 Å². The Hall–Kier alpha value is -2.71. The van der Waals surface area contributed by atoms with Gasteiger partial charge in [-0.1, -0.05) is 0 Å². The molecule has 3 amide bonds. The van der Waals surface area contributed by atoms with Crippen molar-refractivity contribution in [3.8, 4) is 0 Å². The van der Waals surface area contributed by atoms with Crippen LogP contribution in [0, 0.1) is 0 Å². The normalized spacial score (nSPS) is 18.8. The first kappa shape index (κ1) is 12.7. The number of aromatic carboxylic acids is 1. The molecule has 100 valence electrons. The number of imide groups is 1. The van der Waals surface area contributed by atoms with E-state index in [2.05, 4.69) is 15.3 Å². The number of carboxylic acids is 1. The number of nitrogens with one attached hydrogen (secondary N) is 2. The molecule has 1 aliphatic rings. The molecule has 2 heterocycles. The predicted octanol–water partition coefficient (Wildman–Crippen LogP) is -1.40. The van der Waals surface area contributed by atoms with Crippen LogP contribution in [0.3, 0.4) is 0 Å². The molecule has 0 radical (unpaired) electrons. The van der Waals surface area contributed by atoms with Crippen LogP contribution in [0.25, 0.3) is 0 Å². The van der Waals surface area contributed by atoms with E-state index >= 15 is 0 Å². The predicted molar refractivity (Wildman–Crippen MR) is 59.2 cm³/mol. The van der Waals surface area contributed by atoms with Gasteiger partial charge in [-0.3, -0.25) is 19.3 Å². The third kappa shape index (κ3) is 2.17. The van der Waals surface area contributed by atoms with Crippen molar-refractivity contribution >= 4 is 23.7 Å². The van der Waals surface area contributed by atoms with Gasteiger partial charge in [-0.25, -0.2) is 9.78 Å². The summed E-state index contributed by atoms with van der Waals surface area (Å²) >= 11 is 0. The summed E-state index contributed by atoms with van der Waals surface area (Å²) in [6.07, 6.45) is 0.917. The molecule has 2 rings (SSSR count). The van der Waals surface area contributed by atoms with Gasteiger partial charge < -0.3 is 15.4 Å². The molecule has 1 fully saturated rings. The first-order chi connectivity index (χ1) is 8.91. The summed E-state index contributed by atoms with van der Waals surface area (Å²) in [6.45, 7) is 0. The second kappa shape index (κ2) is 4.52. The molecule has 1 atom stereocenters. The number of hydrogen-bond acceptors (Lipinski definition) is 5. The van der Waals surface area contributed by atoms with Gasteiger partial charge in [0.05, 0.1) is 12.7 Å². The number of aromatic nitrogens is 2. The van der Waals surface area contributed by atoms with Crippen LogP contribution in [0.2, 0.25) is 0 Å². The summed E-state index contributed by atoms with van der Waals surface area (Å²) in [5.41, 5.74) is -0.704. The molecule has 9 nitrogen and oxygen atoms in total. The fourth-order valence-corrected chi connectivity index (χ4v) is 1.72. The van der Waals surface area contributed by atoms with E-state index in [1.807, 2.05) is 0 Å². The molecule has 3 N–H and O–H groups in total. The van der Waals surface area contributed by atoms with Crippen LogP contribution < -0.4 is 5.32 Å². The zero-order chi connectivity index (χ0) is 14.2. The number of carbonyl (C=O) groups is 4. The Morgan fingerprint density at radius 1 is 1.53 bits per heavy atom. The summed E-state index contributed by atoms with van der Waals surface area (Å²) in [6, 6.07) is -0.983. The lowest BCUT2D eigenvalue weighted by Crippen LogP contribution is -2.41. The molecule has 0 aliphatic carbocycles. The molecule has 0 saturated carbocycles. The second-order valence-corrected chi connectivity index (χ2v) is 3.95. The van der Waals surface area contributed by atoms with Crippen LogP contribution >= 0.6 is 0 Å². The second-order valence-electron chi connectivity index (χ2n) is 3.95. The monoisotopic (exact) mass is 266 g/mol. The number of likely N-dealkylation sites (tertiary alicyclic amines) is 1. The van der Waals surface area contributed by atoms with Gasteiger partial charge in [0.25, 0.3) is 11.8 Å². The van der Waals surface area contributed by atoms with Crippen LogP contribution in [0.4, 0.5) is 0 Å². The maximum Gasteiger partial charge on any atom is 0.354 e. The number of amides is 3. The van der Waals surface area contributed by atoms with Gasteiger partial charge >= 0.3 is 5.97 Å². The number of carboxylic acid groups (broad SMARTS) is 1. The Balaban J connectivity index is 2.14. The molecule has 1 saturated heterocycles. The summed E-state index contributed by atoms with van der Waals surface area (Å²) in [5, 5.41) is 11.1. The van der Waals surface area contributed by atoms with E-state index in [9.17, 15) is 19.2 Å².